The number of rotatable bonds is 2. The highest BCUT2D eigenvalue weighted by Crippen LogP contribution is 2.33. The molecule has 0 radical (unpaired) electrons. The standard InChI is InChI=1S/C15H11BrN2OS/c1-9(19)17-12-7-6-10(8-11(12)16)15-18-13-4-2-3-5-14(13)20-15/h2-8H,1H3,(H,17,19). The summed E-state index contributed by atoms with van der Waals surface area (Å²) < 4.78 is 2.02. The topological polar surface area (TPSA) is 42.0 Å². The predicted molar refractivity (Wildman–Crippen MR) is 87.1 cm³/mol. The van der Waals surface area contributed by atoms with E-state index in [4.69, 9.17) is 0 Å². The van der Waals surface area contributed by atoms with E-state index in [1.54, 1.807) is 11.3 Å². The van der Waals surface area contributed by atoms with Gasteiger partial charge in [-0.2, -0.15) is 0 Å². The molecule has 0 unspecified atom stereocenters. The van der Waals surface area contributed by atoms with Gasteiger partial charge in [0, 0.05) is 17.0 Å². The van der Waals surface area contributed by atoms with Gasteiger partial charge >= 0.3 is 0 Å². The molecular weight excluding hydrogens is 336 g/mol. The molecule has 1 amide bonds. The van der Waals surface area contributed by atoms with Gasteiger partial charge in [-0.25, -0.2) is 4.98 Å². The number of anilines is 1. The number of thiazole rings is 1. The van der Waals surface area contributed by atoms with Gasteiger partial charge < -0.3 is 5.32 Å². The summed E-state index contributed by atoms with van der Waals surface area (Å²) in [6.07, 6.45) is 0. The largest absolute Gasteiger partial charge is 0.325 e. The second-order valence-electron chi connectivity index (χ2n) is 4.36. The minimum atomic E-state index is -0.0848. The first-order valence-corrected chi connectivity index (χ1v) is 7.67. The van der Waals surface area contributed by atoms with Crippen LogP contribution in [0.15, 0.2) is 46.9 Å². The van der Waals surface area contributed by atoms with Crippen LogP contribution in [0.2, 0.25) is 0 Å². The van der Waals surface area contributed by atoms with Crippen LogP contribution in [0.3, 0.4) is 0 Å². The lowest BCUT2D eigenvalue weighted by atomic mass is 10.2. The first-order valence-electron chi connectivity index (χ1n) is 6.06. The second-order valence-corrected chi connectivity index (χ2v) is 6.25. The molecule has 1 N–H and O–H groups in total. The van der Waals surface area contributed by atoms with Crippen LogP contribution >= 0.6 is 27.3 Å². The molecule has 0 aliphatic carbocycles. The Morgan fingerprint density at radius 1 is 1.25 bits per heavy atom. The van der Waals surface area contributed by atoms with Crippen molar-refractivity contribution in [1.29, 1.82) is 0 Å². The van der Waals surface area contributed by atoms with Crippen molar-refractivity contribution in [3.05, 3.63) is 46.9 Å². The maximum atomic E-state index is 11.1. The Bertz CT molecular complexity index is 764. The fourth-order valence-electron chi connectivity index (χ4n) is 1.93. The van der Waals surface area contributed by atoms with Crippen molar-refractivity contribution < 1.29 is 4.79 Å². The zero-order valence-corrected chi connectivity index (χ0v) is 13.1. The Morgan fingerprint density at radius 3 is 2.75 bits per heavy atom. The average molecular weight is 347 g/mol. The molecule has 2 aromatic carbocycles. The van der Waals surface area contributed by atoms with Crippen molar-refractivity contribution in [2.45, 2.75) is 6.92 Å². The minimum absolute atomic E-state index is 0.0848. The van der Waals surface area contributed by atoms with Crippen LogP contribution in [0, 0.1) is 0 Å². The molecule has 0 saturated carbocycles. The summed E-state index contributed by atoms with van der Waals surface area (Å²) in [6, 6.07) is 13.9. The Kier molecular flexibility index (Phi) is 3.54. The summed E-state index contributed by atoms with van der Waals surface area (Å²) in [6.45, 7) is 1.49. The van der Waals surface area contributed by atoms with Gasteiger partial charge in [0.1, 0.15) is 5.01 Å². The molecule has 1 heterocycles. The number of hydrogen-bond acceptors (Lipinski definition) is 3. The quantitative estimate of drug-likeness (QED) is 0.731. The summed E-state index contributed by atoms with van der Waals surface area (Å²) in [5, 5.41) is 3.75. The highest BCUT2D eigenvalue weighted by atomic mass is 79.9. The molecule has 0 spiro atoms. The molecule has 0 saturated heterocycles. The van der Waals surface area contributed by atoms with Gasteiger partial charge in [-0.05, 0) is 46.3 Å². The number of fused-ring (bicyclic) bond motifs is 1. The van der Waals surface area contributed by atoms with Crippen molar-refractivity contribution in [3.8, 4) is 10.6 Å². The van der Waals surface area contributed by atoms with Crippen molar-refractivity contribution in [2.24, 2.45) is 0 Å². The summed E-state index contributed by atoms with van der Waals surface area (Å²) in [5.41, 5.74) is 2.81. The van der Waals surface area contributed by atoms with Gasteiger partial charge in [-0.15, -0.1) is 11.3 Å². The number of carbonyl (C=O) groups is 1. The van der Waals surface area contributed by atoms with Gasteiger partial charge in [0.25, 0.3) is 0 Å². The predicted octanol–water partition coefficient (Wildman–Crippen LogP) is 4.68. The van der Waals surface area contributed by atoms with Crippen molar-refractivity contribution in [1.82, 2.24) is 4.98 Å². The Hall–Kier alpha value is -1.72. The lowest BCUT2D eigenvalue weighted by Gasteiger charge is -2.06. The Labute approximate surface area is 128 Å². The van der Waals surface area contributed by atoms with E-state index in [2.05, 4.69) is 32.3 Å². The normalized spacial score (nSPS) is 10.7. The van der Waals surface area contributed by atoms with Gasteiger partial charge in [0.05, 0.1) is 15.9 Å². The lowest BCUT2D eigenvalue weighted by Crippen LogP contribution is -2.06. The smallest absolute Gasteiger partial charge is 0.221 e. The second kappa shape index (κ2) is 5.34. The number of nitrogens with one attached hydrogen (secondary N) is 1. The SMILES string of the molecule is CC(=O)Nc1ccc(-c2nc3ccccc3s2)cc1Br. The molecule has 100 valence electrons. The van der Waals surface area contributed by atoms with Crippen molar-refractivity contribution in [3.63, 3.8) is 0 Å². The monoisotopic (exact) mass is 346 g/mol. The molecular formula is C15H11BrN2OS. The molecule has 0 bridgehead atoms. The van der Waals surface area contributed by atoms with Crippen LogP contribution in [0.25, 0.3) is 20.8 Å². The van der Waals surface area contributed by atoms with Gasteiger partial charge in [-0.1, -0.05) is 12.1 Å². The third kappa shape index (κ3) is 2.59. The maximum Gasteiger partial charge on any atom is 0.221 e. The first kappa shape index (κ1) is 13.3. The number of benzene rings is 2. The van der Waals surface area contributed by atoms with E-state index in [-0.39, 0.29) is 5.91 Å². The lowest BCUT2D eigenvalue weighted by molar-refractivity contribution is -0.114. The van der Waals surface area contributed by atoms with Crippen molar-refractivity contribution >= 4 is 49.1 Å². The van der Waals surface area contributed by atoms with Crippen LogP contribution in [-0.2, 0) is 4.79 Å². The number of carbonyl (C=O) groups excluding carboxylic acids is 1. The molecule has 3 rings (SSSR count). The van der Waals surface area contributed by atoms with E-state index < -0.39 is 0 Å². The summed E-state index contributed by atoms with van der Waals surface area (Å²) in [7, 11) is 0. The molecule has 3 aromatic rings. The third-order valence-corrected chi connectivity index (χ3v) is 4.56. The highest BCUT2D eigenvalue weighted by Gasteiger charge is 2.08. The van der Waals surface area contributed by atoms with Crippen LogP contribution in [-0.4, -0.2) is 10.9 Å². The van der Waals surface area contributed by atoms with E-state index >= 15 is 0 Å². The maximum absolute atomic E-state index is 11.1. The molecule has 0 aliphatic rings. The average Bonchev–Trinajstić information content (AvgIpc) is 2.84. The summed E-state index contributed by atoms with van der Waals surface area (Å²) >= 11 is 5.14. The number of halogens is 1. The third-order valence-electron chi connectivity index (χ3n) is 2.82. The molecule has 0 atom stereocenters. The van der Waals surface area contributed by atoms with E-state index in [0.29, 0.717) is 0 Å². The minimum Gasteiger partial charge on any atom is -0.325 e. The van der Waals surface area contributed by atoms with Gasteiger partial charge in [0.2, 0.25) is 5.91 Å². The number of para-hydroxylation sites is 1. The number of nitrogens with zero attached hydrogens (tertiary/aromatic N) is 1. The van der Waals surface area contributed by atoms with E-state index in [1.807, 2.05) is 36.4 Å². The Balaban J connectivity index is 2.01. The summed E-state index contributed by atoms with van der Waals surface area (Å²) in [5.74, 6) is -0.0848. The van der Waals surface area contributed by atoms with Crippen LogP contribution in [0.1, 0.15) is 6.92 Å². The van der Waals surface area contributed by atoms with Crippen LogP contribution < -0.4 is 5.32 Å². The zero-order valence-electron chi connectivity index (χ0n) is 10.7. The number of amides is 1. The molecule has 5 heteroatoms. The molecule has 3 nitrogen and oxygen atoms in total. The van der Waals surface area contributed by atoms with Crippen LogP contribution in [0.4, 0.5) is 5.69 Å². The molecule has 0 aliphatic heterocycles. The zero-order chi connectivity index (χ0) is 14.1. The first-order chi connectivity index (χ1) is 9.63. The molecule has 0 fully saturated rings. The molecule has 20 heavy (non-hydrogen) atoms. The Morgan fingerprint density at radius 2 is 2.05 bits per heavy atom. The van der Waals surface area contributed by atoms with E-state index in [9.17, 15) is 4.79 Å². The van der Waals surface area contributed by atoms with E-state index in [0.717, 1.165) is 26.2 Å². The van der Waals surface area contributed by atoms with Gasteiger partial charge in [0.15, 0.2) is 0 Å². The fourth-order valence-corrected chi connectivity index (χ4v) is 3.37. The highest BCUT2D eigenvalue weighted by molar-refractivity contribution is 9.10. The molecule has 1 aromatic heterocycles. The number of hydrogen-bond donors (Lipinski definition) is 1. The number of aromatic nitrogens is 1. The summed E-state index contributed by atoms with van der Waals surface area (Å²) in [4.78, 5) is 15.7. The van der Waals surface area contributed by atoms with Crippen molar-refractivity contribution in [2.75, 3.05) is 5.32 Å². The van der Waals surface area contributed by atoms with Gasteiger partial charge in [-0.3, -0.25) is 4.79 Å². The fraction of sp³-hybridized carbons (Fsp3) is 0.0667. The van der Waals surface area contributed by atoms with E-state index in [1.165, 1.54) is 11.6 Å². The van der Waals surface area contributed by atoms with Crippen LogP contribution in [0.5, 0.6) is 0 Å².